The van der Waals surface area contributed by atoms with Crippen molar-refractivity contribution in [1.82, 2.24) is 19.9 Å². The molecule has 14 heteroatoms. The smallest absolute Gasteiger partial charge is 0.412 e. The average molecular weight is 664 g/mol. The van der Waals surface area contributed by atoms with Crippen LogP contribution in [-0.2, 0) is 27.4 Å². The molecule has 1 amide bonds. The summed E-state index contributed by atoms with van der Waals surface area (Å²) in [7, 11) is 1.71. The third-order valence-corrected chi connectivity index (χ3v) is 10.1. The number of halogens is 2. The Hall–Kier alpha value is -4.03. The fourth-order valence-corrected chi connectivity index (χ4v) is 7.95. The minimum Gasteiger partial charge on any atom is -0.444 e. The number of methoxy groups -OCH3 is 1. The number of carbonyl (C=O) groups excluding carboxylic acids is 1. The number of carbonyl (C=O) groups is 1. The summed E-state index contributed by atoms with van der Waals surface area (Å²) in [5.41, 5.74) is 0.651. The van der Waals surface area contributed by atoms with E-state index in [-0.39, 0.29) is 62.8 Å². The number of piperidine rings is 1. The molecule has 3 aromatic heterocycles. The topological polar surface area (TPSA) is 126 Å². The number of benzene rings is 1. The lowest BCUT2D eigenvalue weighted by Crippen LogP contribution is -2.46. The first-order chi connectivity index (χ1) is 22.6. The molecule has 2 unspecified atom stereocenters. The van der Waals surface area contributed by atoms with Gasteiger partial charge in [0.25, 0.3) is 0 Å². The maximum atomic E-state index is 17.0. The van der Waals surface area contributed by atoms with Gasteiger partial charge in [0.1, 0.15) is 22.2 Å². The number of nitriles is 1. The van der Waals surface area contributed by atoms with Crippen LogP contribution >= 0.6 is 11.3 Å². The quantitative estimate of drug-likeness (QED) is 0.267. The number of rotatable bonds is 5. The Morgan fingerprint density at radius 2 is 1.89 bits per heavy atom. The third-order valence-electron chi connectivity index (χ3n) is 9.00. The second-order valence-corrected chi connectivity index (χ2v) is 14.1. The van der Waals surface area contributed by atoms with Crippen LogP contribution in [0.25, 0.3) is 32.2 Å². The van der Waals surface area contributed by atoms with E-state index in [0.29, 0.717) is 35.6 Å². The van der Waals surface area contributed by atoms with Gasteiger partial charge in [0.15, 0.2) is 11.6 Å². The molecule has 2 saturated heterocycles. The lowest BCUT2D eigenvalue weighted by atomic mass is 9.94. The summed E-state index contributed by atoms with van der Waals surface area (Å²) >= 11 is 0.863. The van der Waals surface area contributed by atoms with E-state index in [1.165, 1.54) is 6.42 Å². The zero-order chi connectivity index (χ0) is 33.0. The minimum atomic E-state index is -0.800. The van der Waals surface area contributed by atoms with E-state index in [0.717, 1.165) is 43.5 Å². The van der Waals surface area contributed by atoms with E-state index < -0.39 is 23.3 Å². The van der Waals surface area contributed by atoms with Crippen LogP contribution < -0.4 is 10.2 Å². The number of nitrogens with one attached hydrogen (secondary N) is 1. The molecular weight excluding hydrogens is 628 g/mol. The van der Waals surface area contributed by atoms with Crippen LogP contribution in [0.2, 0.25) is 0 Å². The summed E-state index contributed by atoms with van der Waals surface area (Å²) in [6, 6.07) is 2.24. The summed E-state index contributed by atoms with van der Waals surface area (Å²) in [6.45, 7) is 8.67. The van der Waals surface area contributed by atoms with Crippen molar-refractivity contribution in [2.24, 2.45) is 0 Å². The van der Waals surface area contributed by atoms with E-state index in [9.17, 15) is 10.1 Å². The molecule has 11 nitrogen and oxygen atoms in total. The van der Waals surface area contributed by atoms with Crippen LogP contribution in [0.15, 0.2) is 12.4 Å². The number of hydrogen-bond donors (Lipinski definition) is 1. The van der Waals surface area contributed by atoms with Crippen LogP contribution in [0.5, 0.6) is 0 Å². The van der Waals surface area contributed by atoms with Crippen molar-refractivity contribution in [3.8, 4) is 17.3 Å². The Labute approximate surface area is 274 Å². The van der Waals surface area contributed by atoms with Crippen molar-refractivity contribution >= 4 is 49.4 Å². The third kappa shape index (κ3) is 5.65. The van der Waals surface area contributed by atoms with Crippen LogP contribution in [0.1, 0.15) is 56.7 Å². The molecule has 246 valence electrons. The first kappa shape index (κ1) is 31.6. The normalized spacial score (nSPS) is 20.1. The zero-order valence-electron chi connectivity index (χ0n) is 26.7. The predicted molar refractivity (Wildman–Crippen MR) is 173 cm³/mol. The highest BCUT2D eigenvalue weighted by Crippen LogP contribution is 2.46. The number of amides is 1. The van der Waals surface area contributed by atoms with Gasteiger partial charge in [0, 0.05) is 42.7 Å². The summed E-state index contributed by atoms with van der Waals surface area (Å²) in [6.07, 6.45) is 5.33. The molecule has 2 fully saturated rings. The second kappa shape index (κ2) is 12.2. The molecular formula is C33H35F2N7O4S. The number of pyridine rings is 1. The largest absolute Gasteiger partial charge is 0.444 e. The van der Waals surface area contributed by atoms with Crippen molar-refractivity contribution in [1.29, 1.82) is 5.26 Å². The van der Waals surface area contributed by atoms with E-state index in [1.807, 2.05) is 4.90 Å². The molecule has 47 heavy (non-hydrogen) atoms. The van der Waals surface area contributed by atoms with Crippen molar-refractivity contribution in [3.05, 3.63) is 40.7 Å². The molecule has 3 aliphatic rings. The van der Waals surface area contributed by atoms with Crippen molar-refractivity contribution in [2.45, 2.75) is 71.0 Å². The summed E-state index contributed by atoms with van der Waals surface area (Å²) in [5.74, 6) is -0.983. The number of aromatic nitrogens is 3. The van der Waals surface area contributed by atoms with E-state index >= 15 is 8.78 Å². The Morgan fingerprint density at radius 1 is 1.13 bits per heavy atom. The summed E-state index contributed by atoms with van der Waals surface area (Å²) in [5, 5.41) is 13.5. The highest BCUT2D eigenvalue weighted by molar-refractivity contribution is 7.23. The fraction of sp³-hybridized carbons (Fsp3) is 0.485. The molecule has 2 atom stereocenters. The van der Waals surface area contributed by atoms with Crippen LogP contribution in [0.3, 0.4) is 0 Å². The first-order valence-corrected chi connectivity index (χ1v) is 16.5. The number of anilines is 2. The van der Waals surface area contributed by atoms with Gasteiger partial charge in [-0.25, -0.2) is 23.5 Å². The molecule has 6 heterocycles. The van der Waals surface area contributed by atoms with E-state index in [1.54, 1.807) is 34.1 Å². The Balaban J connectivity index is 1.34. The zero-order valence-corrected chi connectivity index (χ0v) is 27.5. The summed E-state index contributed by atoms with van der Waals surface area (Å²) < 4.78 is 49.3. The molecule has 7 rings (SSSR count). The molecule has 0 saturated carbocycles. The van der Waals surface area contributed by atoms with Crippen molar-refractivity contribution in [3.63, 3.8) is 0 Å². The number of thiophene rings is 1. The Kier molecular flexibility index (Phi) is 8.20. The lowest BCUT2D eigenvalue weighted by molar-refractivity contribution is 0.0361. The maximum absolute atomic E-state index is 17.0. The number of fused-ring (bicyclic) bond motifs is 4. The van der Waals surface area contributed by atoms with Gasteiger partial charge in [-0.3, -0.25) is 15.2 Å². The van der Waals surface area contributed by atoms with E-state index in [4.69, 9.17) is 19.2 Å². The SMILES string of the molecule is COC1CN(c2ncc3c4c(c(-c5ncc(F)c6sc(NC(=O)OC(C)(C)C)c(C#N)c56)c(F)c3n2)COC4)CC1N1CCCCC1. The van der Waals surface area contributed by atoms with Gasteiger partial charge in [-0.1, -0.05) is 6.42 Å². The molecule has 4 aromatic rings. The molecule has 0 aliphatic carbocycles. The van der Waals surface area contributed by atoms with Crippen molar-refractivity contribution in [2.75, 3.05) is 43.5 Å². The molecule has 0 bridgehead atoms. The number of nitrogens with zero attached hydrogens (tertiary/aromatic N) is 6. The van der Waals surface area contributed by atoms with Crippen molar-refractivity contribution < 1.29 is 27.8 Å². The first-order valence-electron chi connectivity index (χ1n) is 15.7. The van der Waals surface area contributed by atoms with Gasteiger partial charge in [-0.05, 0) is 57.8 Å². The van der Waals surface area contributed by atoms with Crippen LogP contribution in [0.4, 0.5) is 24.5 Å². The molecule has 1 aromatic carbocycles. The number of ether oxygens (including phenoxy) is 3. The fourth-order valence-electron chi connectivity index (χ4n) is 6.91. The Bertz CT molecular complexity index is 1930. The van der Waals surface area contributed by atoms with Gasteiger partial charge in [0.2, 0.25) is 5.95 Å². The Morgan fingerprint density at radius 3 is 2.62 bits per heavy atom. The van der Waals surface area contributed by atoms with Crippen LogP contribution in [-0.4, -0.2) is 77.0 Å². The van der Waals surface area contributed by atoms with Gasteiger partial charge in [0.05, 0.1) is 47.5 Å². The average Bonchev–Trinajstić information content (AvgIpc) is 3.79. The minimum absolute atomic E-state index is 0.0376. The molecule has 0 spiro atoms. The highest BCUT2D eigenvalue weighted by Gasteiger charge is 2.39. The van der Waals surface area contributed by atoms with Crippen LogP contribution in [0, 0.1) is 23.0 Å². The molecule has 0 radical (unpaired) electrons. The number of likely N-dealkylation sites (tertiary alicyclic amines) is 1. The van der Waals surface area contributed by atoms with Gasteiger partial charge in [-0.15, -0.1) is 11.3 Å². The molecule has 1 N–H and O–H groups in total. The monoisotopic (exact) mass is 663 g/mol. The number of hydrogen-bond acceptors (Lipinski definition) is 11. The van der Waals surface area contributed by atoms with Gasteiger partial charge < -0.3 is 19.1 Å². The maximum Gasteiger partial charge on any atom is 0.412 e. The van der Waals surface area contributed by atoms with Gasteiger partial charge >= 0.3 is 6.09 Å². The standard InChI is InChI=1S/C33H35F2N7O4S/c1-33(2,3)46-32(43)40-30-17(10-36)25-28(37-12-21(34)29(25)47-30)24-20-16-45-15-19(20)18-11-38-31(39-27(18)26(24)35)42-13-22(23(14-42)44-4)41-8-6-5-7-9-41/h11-12,22-23H,5-9,13-16H2,1-4H3,(H,40,43). The summed E-state index contributed by atoms with van der Waals surface area (Å²) in [4.78, 5) is 30.9. The lowest BCUT2D eigenvalue weighted by Gasteiger charge is -2.34. The highest BCUT2D eigenvalue weighted by atomic mass is 32.1. The predicted octanol–water partition coefficient (Wildman–Crippen LogP) is 6.12. The van der Waals surface area contributed by atoms with E-state index in [2.05, 4.69) is 26.3 Å². The van der Waals surface area contributed by atoms with Gasteiger partial charge in [-0.2, -0.15) is 5.26 Å². The molecule has 3 aliphatic heterocycles. The second-order valence-electron chi connectivity index (χ2n) is 13.1.